The summed E-state index contributed by atoms with van der Waals surface area (Å²) in [7, 11) is 0. The van der Waals surface area contributed by atoms with Crippen molar-refractivity contribution in [3.63, 3.8) is 0 Å². The highest BCUT2D eigenvalue weighted by Crippen LogP contribution is 2.27. The van der Waals surface area contributed by atoms with Gasteiger partial charge in [0.15, 0.2) is 0 Å². The van der Waals surface area contributed by atoms with Crippen molar-refractivity contribution in [1.82, 2.24) is 5.32 Å². The smallest absolute Gasteiger partial charge is 0.0991 e. The lowest BCUT2D eigenvalue weighted by Crippen LogP contribution is -2.41. The number of hydrogen-bond acceptors (Lipinski definition) is 3. The zero-order chi connectivity index (χ0) is 13.7. The van der Waals surface area contributed by atoms with Crippen LogP contribution in [0.3, 0.4) is 0 Å². The number of nitrogens with zero attached hydrogens (tertiary/aromatic N) is 1. The first-order chi connectivity index (χ1) is 9.13. The fraction of sp³-hybridized carbons (Fsp3) is 0.562. The van der Waals surface area contributed by atoms with E-state index < -0.39 is 5.60 Å². The maximum atomic E-state index is 10.4. The normalized spacial score (nSPS) is 17.9. The van der Waals surface area contributed by atoms with Gasteiger partial charge in [-0.3, -0.25) is 0 Å². The topological polar surface area (TPSA) is 56.0 Å². The molecule has 19 heavy (non-hydrogen) atoms. The molecule has 3 nitrogen and oxygen atoms in total. The molecule has 1 aliphatic carbocycles. The van der Waals surface area contributed by atoms with Gasteiger partial charge in [0.05, 0.1) is 17.2 Å². The zero-order valence-electron chi connectivity index (χ0n) is 11.6. The second kappa shape index (κ2) is 6.18. The molecule has 0 aliphatic heterocycles. The van der Waals surface area contributed by atoms with Gasteiger partial charge in [0.2, 0.25) is 0 Å². The molecule has 0 unspecified atom stereocenters. The molecule has 1 aromatic carbocycles. The number of nitriles is 1. The van der Waals surface area contributed by atoms with E-state index in [1.54, 1.807) is 0 Å². The molecule has 0 saturated heterocycles. The molecule has 0 radical (unpaired) electrons. The largest absolute Gasteiger partial charge is 0.389 e. The second-order valence-electron chi connectivity index (χ2n) is 5.64. The van der Waals surface area contributed by atoms with Gasteiger partial charge in [0.25, 0.3) is 0 Å². The average molecular weight is 258 g/mol. The molecule has 3 heteroatoms. The van der Waals surface area contributed by atoms with Crippen LogP contribution < -0.4 is 5.32 Å². The molecule has 0 bridgehead atoms. The van der Waals surface area contributed by atoms with Crippen LogP contribution in [0.15, 0.2) is 18.2 Å². The molecule has 0 aromatic heterocycles. The van der Waals surface area contributed by atoms with E-state index in [2.05, 4.69) is 11.4 Å². The quantitative estimate of drug-likeness (QED) is 0.873. The molecule has 0 spiro atoms. The predicted molar refractivity (Wildman–Crippen MR) is 75.6 cm³/mol. The summed E-state index contributed by atoms with van der Waals surface area (Å²) < 4.78 is 0. The van der Waals surface area contributed by atoms with Gasteiger partial charge in [-0.05, 0) is 43.0 Å². The van der Waals surface area contributed by atoms with E-state index in [-0.39, 0.29) is 0 Å². The van der Waals surface area contributed by atoms with Crippen molar-refractivity contribution in [2.45, 2.75) is 51.2 Å². The molecule has 102 valence electrons. The van der Waals surface area contributed by atoms with E-state index >= 15 is 0 Å². The van der Waals surface area contributed by atoms with Crippen molar-refractivity contribution >= 4 is 0 Å². The van der Waals surface area contributed by atoms with Gasteiger partial charge in [0, 0.05) is 13.1 Å². The Morgan fingerprint density at radius 3 is 2.68 bits per heavy atom. The summed E-state index contributed by atoms with van der Waals surface area (Å²) in [4.78, 5) is 0. The lowest BCUT2D eigenvalue weighted by atomic mass is 9.85. The molecule has 0 atom stereocenters. The van der Waals surface area contributed by atoms with Crippen LogP contribution >= 0.6 is 0 Å². The van der Waals surface area contributed by atoms with Gasteiger partial charge in [-0.25, -0.2) is 0 Å². The van der Waals surface area contributed by atoms with Gasteiger partial charge in [0.1, 0.15) is 0 Å². The summed E-state index contributed by atoms with van der Waals surface area (Å²) in [5.74, 6) is 0. The summed E-state index contributed by atoms with van der Waals surface area (Å²) in [6.07, 6.45) is 5.33. The zero-order valence-corrected chi connectivity index (χ0v) is 11.6. The molecule has 1 saturated carbocycles. The molecule has 0 heterocycles. The fourth-order valence-electron chi connectivity index (χ4n) is 2.78. The lowest BCUT2D eigenvalue weighted by Gasteiger charge is -2.32. The predicted octanol–water partition coefficient (Wildman–Crippen LogP) is 2.65. The van der Waals surface area contributed by atoms with Crippen LogP contribution in [0.5, 0.6) is 0 Å². The third-order valence-corrected chi connectivity index (χ3v) is 4.03. The standard InChI is InChI=1S/C16H22N2O/c1-13-9-14(10-17)5-6-15(13)11-18-12-16(19)7-3-2-4-8-16/h5-6,9,18-19H,2-4,7-8,11-12H2,1H3. The maximum absolute atomic E-state index is 10.4. The highest BCUT2D eigenvalue weighted by atomic mass is 16.3. The van der Waals surface area contributed by atoms with Crippen LogP contribution in [0.4, 0.5) is 0 Å². The highest BCUT2D eigenvalue weighted by molar-refractivity contribution is 5.37. The van der Waals surface area contributed by atoms with Gasteiger partial charge in [-0.1, -0.05) is 25.3 Å². The molecule has 1 aromatic rings. The molecule has 1 fully saturated rings. The Labute approximate surface area is 115 Å². The minimum absolute atomic E-state index is 0.515. The second-order valence-corrected chi connectivity index (χ2v) is 5.64. The van der Waals surface area contributed by atoms with Crippen LogP contribution in [-0.2, 0) is 6.54 Å². The van der Waals surface area contributed by atoms with Crippen LogP contribution in [0.25, 0.3) is 0 Å². The molecule has 2 rings (SSSR count). The SMILES string of the molecule is Cc1cc(C#N)ccc1CNCC1(O)CCCCC1. The molecule has 1 aliphatic rings. The van der Waals surface area contributed by atoms with Crippen LogP contribution in [0, 0.1) is 18.3 Å². The highest BCUT2D eigenvalue weighted by Gasteiger charge is 2.28. The van der Waals surface area contributed by atoms with E-state index in [0.29, 0.717) is 12.1 Å². The molecular weight excluding hydrogens is 236 g/mol. The maximum Gasteiger partial charge on any atom is 0.0991 e. The van der Waals surface area contributed by atoms with Gasteiger partial charge < -0.3 is 10.4 Å². The Morgan fingerprint density at radius 2 is 2.05 bits per heavy atom. The Morgan fingerprint density at radius 1 is 1.32 bits per heavy atom. The first-order valence-corrected chi connectivity index (χ1v) is 7.06. The summed E-state index contributed by atoms with van der Waals surface area (Å²) in [5, 5.41) is 22.6. The van der Waals surface area contributed by atoms with Gasteiger partial charge >= 0.3 is 0 Å². The van der Waals surface area contributed by atoms with Crippen molar-refractivity contribution in [3.05, 3.63) is 34.9 Å². The van der Waals surface area contributed by atoms with Gasteiger partial charge in [-0.2, -0.15) is 5.26 Å². The minimum atomic E-state index is -0.515. The van der Waals surface area contributed by atoms with E-state index in [9.17, 15) is 5.11 Å². The number of hydrogen-bond donors (Lipinski definition) is 2. The van der Waals surface area contributed by atoms with Crippen molar-refractivity contribution in [3.8, 4) is 6.07 Å². The van der Waals surface area contributed by atoms with Crippen molar-refractivity contribution in [2.75, 3.05) is 6.54 Å². The summed E-state index contributed by atoms with van der Waals surface area (Å²) in [6.45, 7) is 3.43. The molecule has 2 N–H and O–H groups in total. The van der Waals surface area contributed by atoms with Crippen molar-refractivity contribution in [2.24, 2.45) is 0 Å². The fourth-order valence-corrected chi connectivity index (χ4v) is 2.78. The third kappa shape index (κ3) is 3.79. The van der Waals surface area contributed by atoms with Crippen molar-refractivity contribution in [1.29, 1.82) is 5.26 Å². The Hall–Kier alpha value is -1.37. The summed E-state index contributed by atoms with van der Waals surface area (Å²) in [6, 6.07) is 7.90. The number of aryl methyl sites for hydroxylation is 1. The first kappa shape index (κ1) is 14.0. The Kier molecular flexibility index (Phi) is 4.57. The number of rotatable bonds is 4. The number of aliphatic hydroxyl groups is 1. The van der Waals surface area contributed by atoms with E-state index in [0.717, 1.165) is 37.8 Å². The van der Waals surface area contributed by atoms with E-state index in [1.165, 1.54) is 12.0 Å². The van der Waals surface area contributed by atoms with Crippen LogP contribution in [-0.4, -0.2) is 17.3 Å². The molecule has 0 amide bonds. The Bertz CT molecular complexity index is 470. The van der Waals surface area contributed by atoms with Crippen LogP contribution in [0.2, 0.25) is 0 Å². The average Bonchev–Trinajstić information content (AvgIpc) is 2.41. The van der Waals surface area contributed by atoms with Crippen molar-refractivity contribution < 1.29 is 5.11 Å². The van der Waals surface area contributed by atoms with Gasteiger partial charge in [-0.15, -0.1) is 0 Å². The third-order valence-electron chi connectivity index (χ3n) is 4.03. The Balaban J connectivity index is 1.87. The minimum Gasteiger partial charge on any atom is -0.389 e. The first-order valence-electron chi connectivity index (χ1n) is 7.06. The summed E-state index contributed by atoms with van der Waals surface area (Å²) >= 11 is 0. The lowest BCUT2D eigenvalue weighted by molar-refractivity contribution is 0.00466. The van der Waals surface area contributed by atoms with Crippen LogP contribution in [0.1, 0.15) is 48.8 Å². The van der Waals surface area contributed by atoms with E-state index in [4.69, 9.17) is 5.26 Å². The molecular formula is C16H22N2O. The monoisotopic (exact) mass is 258 g/mol. The number of benzene rings is 1. The number of nitrogens with one attached hydrogen (secondary N) is 1. The summed E-state index contributed by atoms with van der Waals surface area (Å²) in [5.41, 5.74) is 2.51. The van der Waals surface area contributed by atoms with E-state index in [1.807, 2.05) is 25.1 Å².